The summed E-state index contributed by atoms with van der Waals surface area (Å²) in [5.41, 5.74) is 7.45. The SMILES string of the molecule is CC(C(N)c1ccc2[nH]c(=O)oc2c1)S(C)(=O)=O. The van der Waals surface area contributed by atoms with Crippen molar-refractivity contribution in [1.82, 2.24) is 4.98 Å². The van der Waals surface area contributed by atoms with Crippen molar-refractivity contribution in [3.8, 4) is 0 Å². The van der Waals surface area contributed by atoms with E-state index in [0.29, 0.717) is 16.7 Å². The first-order valence-corrected chi connectivity index (χ1v) is 7.31. The fourth-order valence-electron chi connectivity index (χ4n) is 1.71. The van der Waals surface area contributed by atoms with E-state index in [4.69, 9.17) is 10.2 Å². The van der Waals surface area contributed by atoms with E-state index in [9.17, 15) is 13.2 Å². The molecule has 0 bridgehead atoms. The molecule has 1 aromatic carbocycles. The first-order chi connectivity index (χ1) is 8.29. The number of nitrogens with two attached hydrogens (primary N) is 1. The third-order valence-electron chi connectivity index (χ3n) is 3.01. The molecule has 2 aromatic rings. The Labute approximate surface area is 104 Å². The topological polar surface area (TPSA) is 106 Å². The number of aromatic nitrogens is 1. The van der Waals surface area contributed by atoms with Crippen LogP contribution in [0.2, 0.25) is 0 Å². The zero-order valence-electron chi connectivity index (χ0n) is 10.0. The molecule has 3 N–H and O–H groups in total. The molecular weight excluding hydrogens is 256 g/mol. The Morgan fingerprint density at radius 2 is 2.06 bits per heavy atom. The van der Waals surface area contributed by atoms with Crippen LogP contribution in [0.15, 0.2) is 27.4 Å². The average Bonchev–Trinajstić information content (AvgIpc) is 2.64. The summed E-state index contributed by atoms with van der Waals surface area (Å²) in [6.45, 7) is 1.55. The molecule has 0 fully saturated rings. The van der Waals surface area contributed by atoms with Crippen LogP contribution in [0.1, 0.15) is 18.5 Å². The van der Waals surface area contributed by atoms with Crippen molar-refractivity contribution in [2.75, 3.05) is 6.26 Å². The molecule has 0 spiro atoms. The molecule has 2 rings (SSSR count). The Hall–Kier alpha value is -1.60. The van der Waals surface area contributed by atoms with Crippen LogP contribution < -0.4 is 11.5 Å². The van der Waals surface area contributed by atoms with Crippen LogP contribution in [0, 0.1) is 0 Å². The molecule has 0 radical (unpaired) electrons. The van der Waals surface area contributed by atoms with Gasteiger partial charge in [-0.2, -0.15) is 0 Å². The van der Waals surface area contributed by atoms with E-state index in [1.165, 1.54) is 0 Å². The minimum atomic E-state index is -3.22. The van der Waals surface area contributed by atoms with Crippen LogP contribution in [-0.4, -0.2) is 24.9 Å². The highest BCUT2D eigenvalue weighted by molar-refractivity contribution is 7.91. The van der Waals surface area contributed by atoms with Crippen LogP contribution in [0.25, 0.3) is 11.1 Å². The maximum Gasteiger partial charge on any atom is 0.417 e. The van der Waals surface area contributed by atoms with E-state index in [1.807, 2.05) is 0 Å². The van der Waals surface area contributed by atoms with Gasteiger partial charge in [0.25, 0.3) is 0 Å². The number of hydrogen-bond acceptors (Lipinski definition) is 5. The maximum absolute atomic E-state index is 11.5. The van der Waals surface area contributed by atoms with Gasteiger partial charge in [-0.25, -0.2) is 13.2 Å². The van der Waals surface area contributed by atoms with Crippen LogP contribution in [0.5, 0.6) is 0 Å². The lowest BCUT2D eigenvalue weighted by atomic mass is 10.0. The van der Waals surface area contributed by atoms with Gasteiger partial charge in [0, 0.05) is 12.3 Å². The van der Waals surface area contributed by atoms with Gasteiger partial charge in [0.05, 0.1) is 10.8 Å². The average molecular weight is 270 g/mol. The van der Waals surface area contributed by atoms with Gasteiger partial charge >= 0.3 is 5.76 Å². The Balaban J connectivity index is 2.45. The highest BCUT2D eigenvalue weighted by Crippen LogP contribution is 2.22. The second-order valence-corrected chi connectivity index (χ2v) is 6.73. The summed E-state index contributed by atoms with van der Waals surface area (Å²) in [4.78, 5) is 13.5. The number of benzene rings is 1. The van der Waals surface area contributed by atoms with Gasteiger partial charge in [-0.3, -0.25) is 4.98 Å². The monoisotopic (exact) mass is 270 g/mol. The number of rotatable bonds is 3. The van der Waals surface area contributed by atoms with Crippen LogP contribution in [-0.2, 0) is 9.84 Å². The summed E-state index contributed by atoms with van der Waals surface area (Å²) in [6, 6.07) is 4.24. The molecule has 18 heavy (non-hydrogen) atoms. The van der Waals surface area contributed by atoms with Gasteiger partial charge in [0.2, 0.25) is 0 Å². The number of sulfone groups is 1. The molecule has 2 unspecified atom stereocenters. The van der Waals surface area contributed by atoms with Crippen molar-refractivity contribution >= 4 is 20.9 Å². The van der Waals surface area contributed by atoms with Crippen molar-refractivity contribution < 1.29 is 12.8 Å². The Bertz CT molecular complexity index is 729. The lowest BCUT2D eigenvalue weighted by Crippen LogP contribution is -2.30. The molecule has 2 atom stereocenters. The van der Waals surface area contributed by atoms with Crippen molar-refractivity contribution in [2.45, 2.75) is 18.2 Å². The predicted molar refractivity (Wildman–Crippen MR) is 68.1 cm³/mol. The van der Waals surface area contributed by atoms with E-state index in [2.05, 4.69) is 4.98 Å². The number of nitrogens with one attached hydrogen (secondary N) is 1. The number of aromatic amines is 1. The van der Waals surface area contributed by atoms with Crippen LogP contribution in [0.3, 0.4) is 0 Å². The van der Waals surface area contributed by atoms with Crippen molar-refractivity contribution in [3.05, 3.63) is 34.3 Å². The lowest BCUT2D eigenvalue weighted by molar-refractivity contribution is 0.552. The molecule has 1 heterocycles. The smallest absolute Gasteiger partial charge is 0.408 e. The molecule has 0 saturated carbocycles. The van der Waals surface area contributed by atoms with E-state index in [1.54, 1.807) is 25.1 Å². The fraction of sp³-hybridized carbons (Fsp3) is 0.364. The highest BCUT2D eigenvalue weighted by Gasteiger charge is 2.24. The zero-order valence-corrected chi connectivity index (χ0v) is 10.8. The molecule has 7 heteroatoms. The third kappa shape index (κ3) is 2.32. The largest absolute Gasteiger partial charge is 0.417 e. The summed E-state index contributed by atoms with van der Waals surface area (Å²) in [6.07, 6.45) is 1.15. The van der Waals surface area contributed by atoms with Gasteiger partial charge in [-0.05, 0) is 24.6 Å². The molecule has 1 aromatic heterocycles. The number of fused-ring (bicyclic) bond motifs is 1. The summed E-state index contributed by atoms with van der Waals surface area (Å²) in [5, 5.41) is -0.708. The van der Waals surface area contributed by atoms with Crippen molar-refractivity contribution in [3.63, 3.8) is 0 Å². The van der Waals surface area contributed by atoms with E-state index >= 15 is 0 Å². The number of H-pyrrole nitrogens is 1. The number of oxazole rings is 1. The molecule has 6 nitrogen and oxygen atoms in total. The first kappa shape index (κ1) is 12.8. The van der Waals surface area contributed by atoms with Crippen LogP contribution >= 0.6 is 0 Å². The minimum absolute atomic E-state index is 0.369. The summed E-state index contributed by atoms with van der Waals surface area (Å²) < 4.78 is 27.8. The Morgan fingerprint density at radius 3 is 2.67 bits per heavy atom. The number of hydrogen-bond donors (Lipinski definition) is 2. The normalized spacial score (nSPS) is 15.7. The standard InChI is InChI=1S/C11H14N2O4S/c1-6(18(2,15)16)10(12)7-3-4-8-9(5-7)17-11(14)13-8/h3-6,10H,12H2,1-2H3,(H,13,14). The molecule has 0 aliphatic heterocycles. The Kier molecular flexibility index (Phi) is 3.04. The maximum atomic E-state index is 11.5. The molecule has 0 saturated heterocycles. The second-order valence-electron chi connectivity index (χ2n) is 4.33. The van der Waals surface area contributed by atoms with Gasteiger partial charge in [-0.1, -0.05) is 6.07 Å². The minimum Gasteiger partial charge on any atom is -0.408 e. The van der Waals surface area contributed by atoms with Gasteiger partial charge in [-0.15, -0.1) is 0 Å². The quantitative estimate of drug-likeness (QED) is 0.847. The summed E-state index contributed by atoms with van der Waals surface area (Å²) in [7, 11) is -3.22. The fourth-order valence-corrected chi connectivity index (χ4v) is 2.40. The van der Waals surface area contributed by atoms with Gasteiger partial charge in [0.15, 0.2) is 15.4 Å². The van der Waals surface area contributed by atoms with E-state index in [-0.39, 0.29) is 0 Å². The molecule has 98 valence electrons. The predicted octanol–water partition coefficient (Wildman–Crippen LogP) is 0.554. The summed E-state index contributed by atoms with van der Waals surface area (Å²) >= 11 is 0. The van der Waals surface area contributed by atoms with Crippen LogP contribution in [0.4, 0.5) is 0 Å². The van der Waals surface area contributed by atoms with E-state index < -0.39 is 26.9 Å². The summed E-state index contributed by atoms with van der Waals surface area (Å²) in [5.74, 6) is -0.549. The molecule has 0 aliphatic carbocycles. The van der Waals surface area contributed by atoms with E-state index in [0.717, 1.165) is 6.26 Å². The molecule has 0 aliphatic rings. The highest BCUT2D eigenvalue weighted by atomic mass is 32.2. The van der Waals surface area contributed by atoms with Crippen molar-refractivity contribution in [1.29, 1.82) is 0 Å². The Morgan fingerprint density at radius 1 is 1.39 bits per heavy atom. The zero-order chi connectivity index (χ0) is 13.5. The third-order valence-corrected chi connectivity index (χ3v) is 4.65. The van der Waals surface area contributed by atoms with Crippen molar-refractivity contribution in [2.24, 2.45) is 5.73 Å². The van der Waals surface area contributed by atoms with Gasteiger partial charge < -0.3 is 10.2 Å². The molecule has 0 amide bonds. The molecular formula is C11H14N2O4S. The first-order valence-electron chi connectivity index (χ1n) is 5.36. The second kappa shape index (κ2) is 4.25. The van der Waals surface area contributed by atoms with Gasteiger partial charge in [0.1, 0.15) is 0 Å². The lowest BCUT2D eigenvalue weighted by Gasteiger charge is -2.18.